The summed E-state index contributed by atoms with van der Waals surface area (Å²) < 4.78 is 31.6. The van der Waals surface area contributed by atoms with Crippen LogP contribution < -0.4 is 0 Å². The molecule has 8 heteroatoms. The Balaban J connectivity index is 2.15. The fraction of sp³-hybridized carbons (Fsp3) is 0.750. The molecule has 0 aliphatic carbocycles. The summed E-state index contributed by atoms with van der Waals surface area (Å²) in [6.45, 7) is 2.96. The normalized spacial score (nSPS) is 18.6. The number of sulfonamides is 1. The Hall–Kier alpha value is -0.960. The number of aliphatic hydroxyl groups is 1. The molecule has 1 fully saturated rings. The minimum Gasteiger partial charge on any atom is -0.392 e. The standard InChI is InChI=1S/C12H21N3O4S/c1-9-11(7-16)12(14-13-9)20(17,18)15-5-3-10(4-6-15)8-19-2/h10,16H,3-8H2,1-2H3,(H,13,14). The largest absolute Gasteiger partial charge is 0.392 e. The number of hydrogen-bond donors (Lipinski definition) is 2. The summed E-state index contributed by atoms with van der Waals surface area (Å²) in [4.78, 5) is 0. The lowest BCUT2D eigenvalue weighted by Gasteiger charge is -2.30. The first-order valence-electron chi connectivity index (χ1n) is 6.64. The third-order valence-corrected chi connectivity index (χ3v) is 5.63. The molecule has 20 heavy (non-hydrogen) atoms. The molecule has 0 aromatic carbocycles. The second-order valence-corrected chi connectivity index (χ2v) is 6.95. The highest BCUT2D eigenvalue weighted by atomic mass is 32.2. The number of aliphatic hydroxyl groups excluding tert-OH is 1. The number of H-pyrrole nitrogens is 1. The molecule has 0 bridgehead atoms. The van der Waals surface area contributed by atoms with E-state index in [1.165, 1.54) is 4.31 Å². The fourth-order valence-corrected chi connectivity index (χ4v) is 4.13. The van der Waals surface area contributed by atoms with E-state index in [0.29, 0.717) is 36.9 Å². The average molecular weight is 303 g/mol. The van der Waals surface area contributed by atoms with Gasteiger partial charge in [0.2, 0.25) is 0 Å². The molecule has 0 saturated carbocycles. The molecule has 7 nitrogen and oxygen atoms in total. The molecule has 1 saturated heterocycles. The number of rotatable bonds is 5. The number of nitrogens with one attached hydrogen (secondary N) is 1. The highest BCUT2D eigenvalue weighted by molar-refractivity contribution is 7.89. The van der Waals surface area contributed by atoms with Crippen LogP contribution in [0.25, 0.3) is 0 Å². The number of piperidine rings is 1. The van der Waals surface area contributed by atoms with Crippen LogP contribution in [0.1, 0.15) is 24.1 Å². The highest BCUT2D eigenvalue weighted by Crippen LogP contribution is 2.25. The Labute approximate surface area is 119 Å². The lowest BCUT2D eigenvalue weighted by Crippen LogP contribution is -2.39. The molecule has 0 atom stereocenters. The van der Waals surface area contributed by atoms with Crippen molar-refractivity contribution < 1.29 is 18.3 Å². The first-order valence-corrected chi connectivity index (χ1v) is 8.08. The zero-order valence-electron chi connectivity index (χ0n) is 11.8. The van der Waals surface area contributed by atoms with E-state index in [1.807, 2.05) is 0 Å². The van der Waals surface area contributed by atoms with Gasteiger partial charge in [0.1, 0.15) is 0 Å². The molecular weight excluding hydrogens is 282 g/mol. The smallest absolute Gasteiger partial charge is 0.262 e. The van der Waals surface area contributed by atoms with E-state index in [4.69, 9.17) is 4.74 Å². The lowest BCUT2D eigenvalue weighted by atomic mass is 9.99. The van der Waals surface area contributed by atoms with Gasteiger partial charge in [0.15, 0.2) is 5.03 Å². The molecule has 0 unspecified atom stereocenters. The van der Waals surface area contributed by atoms with Gasteiger partial charge in [0, 0.05) is 38.1 Å². The molecule has 1 aromatic rings. The maximum atomic E-state index is 12.5. The van der Waals surface area contributed by atoms with Crippen LogP contribution >= 0.6 is 0 Å². The van der Waals surface area contributed by atoms with Crippen molar-refractivity contribution in [3.8, 4) is 0 Å². The van der Waals surface area contributed by atoms with Crippen LogP contribution in [0.3, 0.4) is 0 Å². The SMILES string of the molecule is COCC1CCN(S(=O)(=O)c2n[nH]c(C)c2CO)CC1. The Morgan fingerprint density at radius 3 is 2.65 bits per heavy atom. The summed E-state index contributed by atoms with van der Waals surface area (Å²) in [7, 11) is -1.98. The first kappa shape index (κ1) is 15.4. The Kier molecular flexibility index (Phi) is 4.79. The fourth-order valence-electron chi connectivity index (χ4n) is 2.50. The van der Waals surface area contributed by atoms with Gasteiger partial charge in [-0.3, -0.25) is 5.10 Å². The van der Waals surface area contributed by atoms with Crippen LogP contribution in [0, 0.1) is 12.8 Å². The molecule has 1 aliphatic rings. The molecule has 0 radical (unpaired) electrons. The summed E-state index contributed by atoms with van der Waals surface area (Å²) >= 11 is 0. The Bertz CT molecular complexity index is 547. The summed E-state index contributed by atoms with van der Waals surface area (Å²) in [5.41, 5.74) is 0.935. The van der Waals surface area contributed by atoms with E-state index in [9.17, 15) is 13.5 Å². The van der Waals surface area contributed by atoms with Gasteiger partial charge in [-0.15, -0.1) is 0 Å². The summed E-state index contributed by atoms with van der Waals surface area (Å²) in [5.74, 6) is 0.407. The van der Waals surface area contributed by atoms with Crippen LogP contribution in [-0.4, -0.2) is 54.8 Å². The van der Waals surface area contributed by atoms with Gasteiger partial charge in [-0.1, -0.05) is 0 Å². The maximum absolute atomic E-state index is 12.5. The van der Waals surface area contributed by atoms with Gasteiger partial charge in [-0.2, -0.15) is 9.40 Å². The van der Waals surface area contributed by atoms with Crippen LogP contribution in [0.2, 0.25) is 0 Å². The molecule has 2 rings (SSSR count). The van der Waals surface area contributed by atoms with Crippen molar-refractivity contribution in [3.05, 3.63) is 11.3 Å². The molecule has 2 heterocycles. The maximum Gasteiger partial charge on any atom is 0.262 e. The topological polar surface area (TPSA) is 95.5 Å². The van der Waals surface area contributed by atoms with E-state index in [0.717, 1.165) is 12.8 Å². The number of ether oxygens (including phenoxy) is 1. The monoisotopic (exact) mass is 303 g/mol. The quantitative estimate of drug-likeness (QED) is 0.813. The molecule has 0 amide bonds. The molecule has 0 spiro atoms. The van der Waals surface area contributed by atoms with Crippen LogP contribution in [0.15, 0.2) is 5.03 Å². The predicted molar refractivity (Wildman–Crippen MR) is 72.6 cm³/mol. The lowest BCUT2D eigenvalue weighted by molar-refractivity contribution is 0.121. The van der Waals surface area contributed by atoms with Gasteiger partial charge in [-0.25, -0.2) is 8.42 Å². The number of aryl methyl sites for hydroxylation is 1. The van der Waals surface area contributed by atoms with Gasteiger partial charge < -0.3 is 9.84 Å². The average Bonchev–Trinajstić information content (AvgIpc) is 2.81. The van der Waals surface area contributed by atoms with Crippen LogP contribution in [-0.2, 0) is 21.4 Å². The van der Waals surface area contributed by atoms with Gasteiger partial charge in [0.25, 0.3) is 10.0 Å². The van der Waals surface area contributed by atoms with Crippen LogP contribution in [0.4, 0.5) is 0 Å². The van der Waals surface area contributed by atoms with Gasteiger partial charge in [-0.05, 0) is 25.7 Å². The van der Waals surface area contributed by atoms with Gasteiger partial charge in [0.05, 0.1) is 6.61 Å². The molecule has 1 aliphatic heterocycles. The van der Waals surface area contributed by atoms with Crippen molar-refractivity contribution in [2.75, 3.05) is 26.8 Å². The van der Waals surface area contributed by atoms with E-state index < -0.39 is 10.0 Å². The van der Waals surface area contributed by atoms with Crippen molar-refractivity contribution in [1.29, 1.82) is 0 Å². The Morgan fingerprint density at radius 1 is 1.45 bits per heavy atom. The zero-order valence-corrected chi connectivity index (χ0v) is 12.6. The summed E-state index contributed by atoms with van der Waals surface area (Å²) in [6.07, 6.45) is 1.57. The number of aromatic amines is 1. The minimum atomic E-state index is -3.63. The van der Waals surface area contributed by atoms with Crippen molar-refractivity contribution >= 4 is 10.0 Å². The summed E-state index contributed by atoms with van der Waals surface area (Å²) in [5, 5.41) is 15.7. The minimum absolute atomic E-state index is 0.0531. The number of nitrogens with zero attached hydrogens (tertiary/aromatic N) is 2. The first-order chi connectivity index (χ1) is 9.50. The van der Waals surface area contributed by atoms with E-state index in [2.05, 4.69) is 10.2 Å². The van der Waals surface area contributed by atoms with E-state index in [-0.39, 0.29) is 11.6 Å². The van der Waals surface area contributed by atoms with E-state index in [1.54, 1.807) is 14.0 Å². The molecule has 2 N–H and O–H groups in total. The molecule has 114 valence electrons. The van der Waals surface area contributed by atoms with Crippen molar-refractivity contribution in [2.45, 2.75) is 31.4 Å². The van der Waals surface area contributed by atoms with Crippen molar-refractivity contribution in [2.24, 2.45) is 5.92 Å². The number of methoxy groups -OCH3 is 1. The van der Waals surface area contributed by atoms with E-state index >= 15 is 0 Å². The van der Waals surface area contributed by atoms with Crippen LogP contribution in [0.5, 0.6) is 0 Å². The van der Waals surface area contributed by atoms with Gasteiger partial charge >= 0.3 is 0 Å². The molecular formula is C12H21N3O4S. The predicted octanol–water partition coefficient (Wildman–Crippen LogP) is 0.258. The zero-order chi connectivity index (χ0) is 14.8. The van der Waals surface area contributed by atoms with Crippen molar-refractivity contribution in [1.82, 2.24) is 14.5 Å². The Morgan fingerprint density at radius 2 is 2.10 bits per heavy atom. The highest BCUT2D eigenvalue weighted by Gasteiger charge is 2.33. The van der Waals surface area contributed by atoms with Crippen molar-refractivity contribution in [3.63, 3.8) is 0 Å². The number of hydrogen-bond acceptors (Lipinski definition) is 5. The third-order valence-electron chi connectivity index (χ3n) is 3.75. The second-order valence-electron chi connectivity index (χ2n) is 5.09. The number of aromatic nitrogens is 2. The molecule has 1 aromatic heterocycles. The summed E-state index contributed by atoms with van der Waals surface area (Å²) in [6, 6.07) is 0. The third kappa shape index (κ3) is 2.88. The second kappa shape index (κ2) is 6.21.